The maximum atomic E-state index is 13.3. The number of aromatic nitrogens is 2. The summed E-state index contributed by atoms with van der Waals surface area (Å²) in [5.41, 5.74) is 2.41. The molecule has 1 aliphatic rings. The summed E-state index contributed by atoms with van der Waals surface area (Å²) in [5, 5.41) is 14.4. The standard InChI is InChI=1S/C22H22ClFN4O3S/c1-25-21(30)31-22(19-12-32-20(23)27-19)7-2-8-28(13-22)18-10-26-17(9-15(18)11-29)14-3-5-16(24)6-4-14/h3-6,9-10,12,29H,2,7-8,11,13H2,1H3,(H,25,30). The first kappa shape index (κ1) is 22.4. The molecule has 0 saturated carbocycles. The van der Waals surface area contributed by atoms with Crippen molar-refractivity contribution < 1.29 is 19.0 Å². The number of alkyl carbamates (subject to hydrolysis) is 1. The number of halogens is 2. The quantitative estimate of drug-likeness (QED) is 0.569. The molecular formula is C22H22ClFN4O3S. The highest BCUT2D eigenvalue weighted by atomic mass is 35.5. The molecule has 3 heterocycles. The molecule has 4 rings (SSSR count). The molecular weight excluding hydrogens is 455 g/mol. The number of carbonyl (C=O) groups excluding carboxylic acids is 1. The van der Waals surface area contributed by atoms with E-state index in [9.17, 15) is 14.3 Å². The molecule has 1 unspecified atom stereocenters. The van der Waals surface area contributed by atoms with Crippen LogP contribution in [0, 0.1) is 5.82 Å². The number of pyridine rings is 1. The molecule has 2 N–H and O–H groups in total. The van der Waals surface area contributed by atoms with Gasteiger partial charge in [-0.1, -0.05) is 11.6 Å². The summed E-state index contributed by atoms with van der Waals surface area (Å²) < 4.78 is 19.5. The summed E-state index contributed by atoms with van der Waals surface area (Å²) >= 11 is 7.35. The van der Waals surface area contributed by atoms with Crippen LogP contribution in [0.5, 0.6) is 0 Å². The lowest BCUT2D eigenvalue weighted by molar-refractivity contribution is -0.00541. The van der Waals surface area contributed by atoms with E-state index in [1.807, 2.05) is 4.90 Å². The summed E-state index contributed by atoms with van der Waals surface area (Å²) in [6, 6.07) is 7.83. The SMILES string of the molecule is CNC(=O)OC1(c2csc(Cl)n2)CCCN(c2cnc(-c3ccc(F)cc3)cc2CO)C1. The van der Waals surface area contributed by atoms with Gasteiger partial charge in [0.2, 0.25) is 0 Å². The normalized spacial score (nSPS) is 18.4. The highest BCUT2D eigenvalue weighted by Gasteiger charge is 2.43. The number of carbonyl (C=O) groups is 1. The van der Waals surface area contributed by atoms with Crippen molar-refractivity contribution in [2.45, 2.75) is 25.0 Å². The van der Waals surface area contributed by atoms with E-state index in [1.165, 1.54) is 30.5 Å². The second-order valence-corrected chi connectivity index (χ2v) is 8.95. The molecule has 0 bridgehead atoms. The van der Waals surface area contributed by atoms with Gasteiger partial charge in [-0.3, -0.25) is 4.98 Å². The summed E-state index contributed by atoms with van der Waals surface area (Å²) in [5.74, 6) is -0.323. The number of hydrogen-bond donors (Lipinski definition) is 2. The van der Waals surface area contributed by atoms with E-state index < -0.39 is 11.7 Å². The van der Waals surface area contributed by atoms with E-state index in [2.05, 4.69) is 15.3 Å². The largest absolute Gasteiger partial charge is 0.434 e. The fourth-order valence-electron chi connectivity index (χ4n) is 3.94. The molecule has 1 saturated heterocycles. The number of piperidine rings is 1. The van der Waals surface area contributed by atoms with Gasteiger partial charge in [0.15, 0.2) is 10.1 Å². The topological polar surface area (TPSA) is 87.6 Å². The third-order valence-corrected chi connectivity index (χ3v) is 6.49. The van der Waals surface area contributed by atoms with E-state index >= 15 is 0 Å². The predicted octanol–water partition coefficient (Wildman–Crippen LogP) is 4.34. The Morgan fingerprint density at radius 3 is 2.84 bits per heavy atom. The van der Waals surface area contributed by atoms with Crippen LogP contribution in [-0.2, 0) is 16.9 Å². The lowest BCUT2D eigenvalue weighted by atomic mass is 9.89. The minimum Gasteiger partial charge on any atom is -0.434 e. The highest BCUT2D eigenvalue weighted by Crippen LogP contribution is 2.39. The first-order valence-electron chi connectivity index (χ1n) is 10.1. The predicted molar refractivity (Wildman–Crippen MR) is 121 cm³/mol. The van der Waals surface area contributed by atoms with Crippen molar-refractivity contribution in [3.05, 3.63) is 63.5 Å². The van der Waals surface area contributed by atoms with Crippen molar-refractivity contribution in [1.82, 2.24) is 15.3 Å². The van der Waals surface area contributed by atoms with Gasteiger partial charge in [0.25, 0.3) is 0 Å². The lowest BCUT2D eigenvalue weighted by Crippen LogP contribution is -2.50. The number of aliphatic hydroxyl groups is 1. The Morgan fingerprint density at radius 1 is 1.41 bits per heavy atom. The molecule has 1 aromatic carbocycles. The second-order valence-electron chi connectivity index (χ2n) is 7.51. The molecule has 1 atom stereocenters. The van der Waals surface area contributed by atoms with Crippen molar-refractivity contribution in [3.63, 3.8) is 0 Å². The molecule has 1 amide bonds. The monoisotopic (exact) mass is 476 g/mol. The zero-order chi connectivity index (χ0) is 22.7. The van der Waals surface area contributed by atoms with Crippen molar-refractivity contribution in [1.29, 1.82) is 0 Å². The van der Waals surface area contributed by atoms with Gasteiger partial charge in [-0.2, -0.15) is 0 Å². The van der Waals surface area contributed by atoms with E-state index in [4.69, 9.17) is 16.3 Å². The summed E-state index contributed by atoms with van der Waals surface area (Å²) in [7, 11) is 1.51. The van der Waals surface area contributed by atoms with Gasteiger partial charge in [0.05, 0.1) is 36.4 Å². The van der Waals surface area contributed by atoms with Crippen LogP contribution in [-0.4, -0.2) is 41.3 Å². The smallest absolute Gasteiger partial charge is 0.407 e. The van der Waals surface area contributed by atoms with Crippen LogP contribution in [0.15, 0.2) is 41.9 Å². The average Bonchev–Trinajstić information content (AvgIpc) is 3.26. The van der Waals surface area contributed by atoms with Crippen LogP contribution >= 0.6 is 22.9 Å². The Hall–Kier alpha value is -2.75. The van der Waals surface area contributed by atoms with E-state index in [0.717, 1.165) is 17.7 Å². The molecule has 32 heavy (non-hydrogen) atoms. The molecule has 0 spiro atoms. The van der Waals surface area contributed by atoms with Gasteiger partial charge in [0.1, 0.15) is 5.82 Å². The molecule has 1 aliphatic heterocycles. The highest BCUT2D eigenvalue weighted by molar-refractivity contribution is 7.14. The van der Waals surface area contributed by atoms with Gasteiger partial charge < -0.3 is 20.1 Å². The fourth-order valence-corrected chi connectivity index (χ4v) is 4.79. The zero-order valence-electron chi connectivity index (χ0n) is 17.3. The van der Waals surface area contributed by atoms with Crippen LogP contribution in [0.1, 0.15) is 24.1 Å². The minimum absolute atomic E-state index is 0.200. The Morgan fingerprint density at radius 2 is 2.19 bits per heavy atom. The van der Waals surface area contributed by atoms with Crippen molar-refractivity contribution >= 4 is 34.7 Å². The van der Waals surface area contributed by atoms with Crippen LogP contribution in [0.4, 0.5) is 14.9 Å². The van der Waals surface area contributed by atoms with Gasteiger partial charge in [-0.25, -0.2) is 14.2 Å². The summed E-state index contributed by atoms with van der Waals surface area (Å²) in [6.45, 7) is 0.834. The molecule has 168 valence electrons. The van der Waals surface area contributed by atoms with Crippen LogP contribution in [0.2, 0.25) is 4.47 Å². The molecule has 0 aliphatic carbocycles. The van der Waals surface area contributed by atoms with Crippen molar-refractivity contribution in [2.24, 2.45) is 0 Å². The van der Waals surface area contributed by atoms with Crippen LogP contribution in [0.3, 0.4) is 0 Å². The van der Waals surface area contributed by atoms with Gasteiger partial charge in [-0.15, -0.1) is 11.3 Å². The molecule has 2 aromatic heterocycles. The van der Waals surface area contributed by atoms with E-state index in [1.54, 1.807) is 29.8 Å². The number of anilines is 1. The molecule has 1 fully saturated rings. The Kier molecular flexibility index (Phi) is 6.59. The first-order chi connectivity index (χ1) is 15.4. The van der Waals surface area contributed by atoms with Crippen LogP contribution in [0.25, 0.3) is 11.3 Å². The summed E-state index contributed by atoms with van der Waals surface area (Å²) in [4.78, 5) is 23.1. The number of hydrogen-bond acceptors (Lipinski definition) is 7. The molecule has 0 radical (unpaired) electrons. The lowest BCUT2D eigenvalue weighted by Gasteiger charge is -2.42. The second kappa shape index (κ2) is 9.40. The number of nitrogens with zero attached hydrogens (tertiary/aromatic N) is 3. The van der Waals surface area contributed by atoms with Crippen LogP contribution < -0.4 is 10.2 Å². The van der Waals surface area contributed by atoms with Gasteiger partial charge >= 0.3 is 6.09 Å². The number of thiazole rings is 1. The van der Waals surface area contributed by atoms with E-state index in [0.29, 0.717) is 40.9 Å². The van der Waals surface area contributed by atoms with E-state index in [-0.39, 0.29) is 12.4 Å². The van der Waals surface area contributed by atoms with Crippen molar-refractivity contribution in [2.75, 3.05) is 25.0 Å². The third-order valence-electron chi connectivity index (χ3n) is 5.51. The molecule has 7 nitrogen and oxygen atoms in total. The zero-order valence-corrected chi connectivity index (χ0v) is 18.9. The number of amides is 1. The average molecular weight is 477 g/mol. The number of aliphatic hydroxyl groups excluding tert-OH is 1. The fraction of sp³-hybridized carbons (Fsp3) is 0.318. The summed E-state index contributed by atoms with van der Waals surface area (Å²) in [6.07, 6.45) is 2.46. The number of benzene rings is 1. The molecule has 3 aromatic rings. The van der Waals surface area contributed by atoms with Gasteiger partial charge in [-0.05, 0) is 43.2 Å². The van der Waals surface area contributed by atoms with Gasteiger partial charge in [0, 0.05) is 30.1 Å². The third kappa shape index (κ3) is 4.55. The number of nitrogens with one attached hydrogen (secondary N) is 1. The maximum Gasteiger partial charge on any atom is 0.407 e. The Balaban J connectivity index is 1.68. The van der Waals surface area contributed by atoms with Crippen molar-refractivity contribution in [3.8, 4) is 11.3 Å². The Bertz CT molecular complexity index is 1110. The number of rotatable bonds is 5. The number of ether oxygens (including phenoxy) is 1. The maximum absolute atomic E-state index is 13.3. The minimum atomic E-state index is -0.982. The first-order valence-corrected chi connectivity index (χ1v) is 11.3. The molecule has 10 heteroatoms. The Labute approximate surface area is 193 Å².